The molecule has 1 fully saturated rings. The van der Waals surface area contributed by atoms with Crippen molar-refractivity contribution in [3.05, 3.63) is 35.4 Å². The van der Waals surface area contributed by atoms with Gasteiger partial charge >= 0.3 is 5.97 Å². The molecule has 2 rings (SSSR count). The molecule has 0 bridgehead atoms. The Morgan fingerprint density at radius 2 is 2.14 bits per heavy atom. The minimum atomic E-state index is -0.845. The normalized spacial score (nSPS) is 22.4. The van der Waals surface area contributed by atoms with E-state index in [4.69, 9.17) is 9.84 Å². The molecule has 1 aromatic rings. The van der Waals surface area contributed by atoms with Crippen LogP contribution in [-0.2, 0) is 20.9 Å². The monoisotopic (exact) mass is 291 g/mol. The van der Waals surface area contributed by atoms with Crippen molar-refractivity contribution in [2.45, 2.75) is 38.8 Å². The number of amides is 1. The van der Waals surface area contributed by atoms with Gasteiger partial charge in [-0.05, 0) is 31.4 Å². The van der Waals surface area contributed by atoms with Gasteiger partial charge in [0.1, 0.15) is 6.61 Å². The number of carbonyl (C=O) groups is 2. The maximum atomic E-state index is 12.0. The zero-order valence-corrected chi connectivity index (χ0v) is 12.5. The smallest absolute Gasteiger partial charge is 0.303 e. The van der Waals surface area contributed by atoms with Crippen LogP contribution < -0.4 is 0 Å². The van der Waals surface area contributed by atoms with Crippen LogP contribution in [0.1, 0.15) is 30.9 Å². The van der Waals surface area contributed by atoms with E-state index in [-0.39, 0.29) is 18.9 Å². The first-order chi connectivity index (χ1) is 9.89. The number of nitrogens with zero attached hydrogens (tertiary/aromatic N) is 1. The van der Waals surface area contributed by atoms with Crippen molar-refractivity contribution in [1.82, 2.24) is 4.90 Å². The van der Waals surface area contributed by atoms with Gasteiger partial charge in [-0.2, -0.15) is 0 Å². The Hall–Kier alpha value is -1.88. The van der Waals surface area contributed by atoms with Gasteiger partial charge in [0, 0.05) is 19.5 Å². The van der Waals surface area contributed by atoms with E-state index in [0.29, 0.717) is 19.5 Å². The third kappa shape index (κ3) is 4.04. The highest BCUT2D eigenvalue weighted by molar-refractivity contribution is 5.78. The molecule has 1 aliphatic rings. The summed E-state index contributed by atoms with van der Waals surface area (Å²) < 4.78 is 5.57. The number of hydrogen-bond donors (Lipinski definition) is 1. The number of carbonyl (C=O) groups excluding carboxylic acids is 1. The Bertz CT molecular complexity index is 543. The summed E-state index contributed by atoms with van der Waals surface area (Å²) in [7, 11) is 0. The van der Waals surface area contributed by atoms with Gasteiger partial charge in [0.2, 0.25) is 5.91 Å². The quantitative estimate of drug-likeness (QED) is 0.900. The average molecular weight is 291 g/mol. The molecule has 114 valence electrons. The lowest BCUT2D eigenvalue weighted by molar-refractivity contribution is -0.164. The van der Waals surface area contributed by atoms with Gasteiger partial charge in [-0.1, -0.05) is 24.3 Å². The first kappa shape index (κ1) is 15.5. The number of aliphatic carboxylic acids is 1. The molecule has 1 atom stereocenters. The minimum absolute atomic E-state index is 0.0159. The van der Waals surface area contributed by atoms with Gasteiger partial charge in [-0.25, -0.2) is 0 Å². The van der Waals surface area contributed by atoms with Gasteiger partial charge in [0.25, 0.3) is 0 Å². The van der Waals surface area contributed by atoms with Crippen LogP contribution in [0.3, 0.4) is 0 Å². The maximum absolute atomic E-state index is 12.0. The molecule has 1 N–H and O–H groups in total. The lowest BCUT2D eigenvalue weighted by Crippen LogP contribution is -2.52. The van der Waals surface area contributed by atoms with Crippen molar-refractivity contribution in [3.8, 4) is 0 Å². The molecule has 1 unspecified atom stereocenters. The number of morpholine rings is 1. The lowest BCUT2D eigenvalue weighted by Gasteiger charge is -2.40. The van der Waals surface area contributed by atoms with Gasteiger partial charge in [-0.15, -0.1) is 0 Å². The van der Waals surface area contributed by atoms with Gasteiger partial charge in [0.05, 0.1) is 5.60 Å². The summed E-state index contributed by atoms with van der Waals surface area (Å²) in [4.78, 5) is 24.5. The predicted octanol–water partition coefficient (Wildman–Crippen LogP) is 1.98. The van der Waals surface area contributed by atoms with Crippen LogP contribution in [0.4, 0.5) is 0 Å². The first-order valence-corrected chi connectivity index (χ1v) is 7.08. The van der Waals surface area contributed by atoms with Crippen LogP contribution in [0.2, 0.25) is 0 Å². The second-order valence-electron chi connectivity index (χ2n) is 5.81. The highest BCUT2D eigenvalue weighted by Crippen LogP contribution is 2.25. The molecule has 1 heterocycles. The fraction of sp³-hybridized carbons (Fsp3) is 0.500. The standard InChI is InChI=1S/C16H21NO4/c1-12-5-3-4-6-13(12)9-17-11-16(2,8-7-15(19)20)21-10-14(17)18/h3-6H,7-11H2,1-2H3,(H,19,20). The van der Waals surface area contributed by atoms with Crippen molar-refractivity contribution in [2.75, 3.05) is 13.2 Å². The summed E-state index contributed by atoms with van der Waals surface area (Å²) in [5, 5.41) is 8.81. The van der Waals surface area contributed by atoms with Crippen molar-refractivity contribution in [3.63, 3.8) is 0 Å². The number of carboxylic acid groups (broad SMARTS) is 1. The fourth-order valence-corrected chi connectivity index (χ4v) is 2.52. The van der Waals surface area contributed by atoms with E-state index in [2.05, 4.69) is 0 Å². The molecule has 1 aromatic carbocycles. The molecule has 0 aromatic heterocycles. The van der Waals surface area contributed by atoms with Crippen LogP contribution in [0.15, 0.2) is 24.3 Å². The lowest BCUT2D eigenvalue weighted by atomic mass is 9.97. The fourth-order valence-electron chi connectivity index (χ4n) is 2.52. The predicted molar refractivity (Wildman–Crippen MR) is 77.8 cm³/mol. The average Bonchev–Trinajstić information content (AvgIpc) is 2.44. The second-order valence-corrected chi connectivity index (χ2v) is 5.81. The van der Waals surface area contributed by atoms with Crippen molar-refractivity contribution < 1.29 is 19.4 Å². The molecule has 1 aliphatic heterocycles. The number of carboxylic acids is 1. The topological polar surface area (TPSA) is 66.8 Å². The number of benzene rings is 1. The van der Waals surface area contributed by atoms with Crippen molar-refractivity contribution >= 4 is 11.9 Å². The van der Waals surface area contributed by atoms with E-state index < -0.39 is 11.6 Å². The molecule has 0 radical (unpaired) electrons. The number of hydrogen-bond acceptors (Lipinski definition) is 3. The summed E-state index contributed by atoms with van der Waals surface area (Å²) in [5.74, 6) is -0.895. The Kier molecular flexibility index (Phi) is 4.63. The third-order valence-electron chi connectivity index (χ3n) is 3.91. The SMILES string of the molecule is Cc1ccccc1CN1CC(C)(CCC(=O)O)OCC1=O. The Labute approximate surface area is 124 Å². The molecular weight excluding hydrogens is 270 g/mol. The van der Waals surface area contributed by atoms with Crippen LogP contribution in [-0.4, -0.2) is 40.6 Å². The molecule has 5 heteroatoms. The molecule has 5 nitrogen and oxygen atoms in total. The summed E-state index contributed by atoms with van der Waals surface area (Å²) in [6, 6.07) is 7.95. The van der Waals surface area contributed by atoms with Gasteiger partial charge in [-0.3, -0.25) is 9.59 Å². The maximum Gasteiger partial charge on any atom is 0.303 e. The molecule has 1 saturated heterocycles. The van der Waals surface area contributed by atoms with E-state index in [1.54, 1.807) is 4.90 Å². The zero-order valence-electron chi connectivity index (χ0n) is 12.5. The molecule has 0 saturated carbocycles. The van der Waals surface area contributed by atoms with E-state index in [1.807, 2.05) is 38.1 Å². The Morgan fingerprint density at radius 1 is 1.43 bits per heavy atom. The van der Waals surface area contributed by atoms with Crippen molar-refractivity contribution in [1.29, 1.82) is 0 Å². The van der Waals surface area contributed by atoms with E-state index in [1.165, 1.54) is 0 Å². The van der Waals surface area contributed by atoms with Crippen LogP contribution >= 0.6 is 0 Å². The van der Waals surface area contributed by atoms with Gasteiger partial charge < -0.3 is 14.7 Å². The largest absolute Gasteiger partial charge is 0.481 e. The van der Waals surface area contributed by atoms with Crippen LogP contribution in [0.25, 0.3) is 0 Å². The molecular formula is C16H21NO4. The first-order valence-electron chi connectivity index (χ1n) is 7.08. The van der Waals surface area contributed by atoms with E-state index >= 15 is 0 Å². The van der Waals surface area contributed by atoms with Crippen LogP contribution in [0, 0.1) is 6.92 Å². The second kappa shape index (κ2) is 6.26. The number of aryl methyl sites for hydroxylation is 1. The molecule has 1 amide bonds. The highest BCUT2D eigenvalue weighted by atomic mass is 16.5. The van der Waals surface area contributed by atoms with E-state index in [0.717, 1.165) is 11.1 Å². The van der Waals surface area contributed by atoms with Crippen LogP contribution in [0.5, 0.6) is 0 Å². The Balaban J connectivity index is 2.06. The molecule has 0 spiro atoms. The molecule has 21 heavy (non-hydrogen) atoms. The Morgan fingerprint density at radius 3 is 2.81 bits per heavy atom. The van der Waals surface area contributed by atoms with E-state index in [9.17, 15) is 9.59 Å². The molecule has 0 aliphatic carbocycles. The number of rotatable bonds is 5. The third-order valence-corrected chi connectivity index (χ3v) is 3.91. The number of ether oxygens (including phenoxy) is 1. The highest BCUT2D eigenvalue weighted by Gasteiger charge is 2.36. The van der Waals surface area contributed by atoms with Crippen molar-refractivity contribution in [2.24, 2.45) is 0 Å². The summed E-state index contributed by atoms with van der Waals surface area (Å²) in [5.41, 5.74) is 1.66. The van der Waals surface area contributed by atoms with Gasteiger partial charge in [0.15, 0.2) is 0 Å². The summed E-state index contributed by atoms with van der Waals surface area (Å²) >= 11 is 0. The zero-order chi connectivity index (χ0) is 15.5. The minimum Gasteiger partial charge on any atom is -0.481 e. The summed E-state index contributed by atoms with van der Waals surface area (Å²) in [6.07, 6.45) is 0.447. The summed E-state index contributed by atoms with van der Waals surface area (Å²) in [6.45, 7) is 4.87.